The van der Waals surface area contributed by atoms with Gasteiger partial charge in [-0.3, -0.25) is 4.79 Å². The molecule has 1 amide bonds. The van der Waals surface area contributed by atoms with Gasteiger partial charge in [-0.05, 0) is 51.2 Å². The van der Waals surface area contributed by atoms with Crippen molar-refractivity contribution in [3.05, 3.63) is 29.3 Å². The highest BCUT2D eigenvalue weighted by Gasteiger charge is 2.34. The van der Waals surface area contributed by atoms with E-state index in [1.165, 1.54) is 19.3 Å². The zero-order chi connectivity index (χ0) is 16.0. The molecule has 0 aromatic heterocycles. The molecule has 22 heavy (non-hydrogen) atoms. The summed E-state index contributed by atoms with van der Waals surface area (Å²) in [6.45, 7) is 0.716. The number of halogens is 1. The maximum absolute atomic E-state index is 12.0. The number of hydrogen-bond donors (Lipinski definition) is 1. The van der Waals surface area contributed by atoms with Crippen LogP contribution in [0.15, 0.2) is 24.3 Å². The second-order valence-corrected chi connectivity index (χ2v) is 6.64. The lowest BCUT2D eigenvalue weighted by Crippen LogP contribution is -2.54. The molecule has 0 heterocycles. The van der Waals surface area contributed by atoms with Crippen LogP contribution in [-0.4, -0.2) is 43.6 Å². The van der Waals surface area contributed by atoms with Crippen LogP contribution in [0.4, 0.5) is 0 Å². The summed E-state index contributed by atoms with van der Waals surface area (Å²) in [5.41, 5.74) is 0.0915. The molecule has 0 saturated heterocycles. The van der Waals surface area contributed by atoms with Crippen LogP contribution in [0.5, 0.6) is 5.75 Å². The van der Waals surface area contributed by atoms with Crippen LogP contribution in [0.25, 0.3) is 0 Å². The van der Waals surface area contributed by atoms with E-state index in [1.807, 2.05) is 0 Å². The van der Waals surface area contributed by atoms with Gasteiger partial charge in [0, 0.05) is 17.1 Å². The van der Waals surface area contributed by atoms with E-state index >= 15 is 0 Å². The number of carbonyl (C=O) groups excluding carboxylic acids is 1. The van der Waals surface area contributed by atoms with Crippen molar-refractivity contribution in [2.45, 2.75) is 37.6 Å². The molecule has 1 aromatic carbocycles. The third-order valence-electron chi connectivity index (χ3n) is 4.53. The lowest BCUT2D eigenvalue weighted by Gasteiger charge is -2.43. The summed E-state index contributed by atoms with van der Waals surface area (Å²) in [6, 6.07) is 7.02. The van der Waals surface area contributed by atoms with Gasteiger partial charge < -0.3 is 15.0 Å². The molecule has 1 fully saturated rings. The van der Waals surface area contributed by atoms with E-state index in [2.05, 4.69) is 24.3 Å². The highest BCUT2D eigenvalue weighted by Crippen LogP contribution is 2.31. The molecule has 1 aliphatic rings. The zero-order valence-electron chi connectivity index (χ0n) is 13.4. The summed E-state index contributed by atoms with van der Waals surface area (Å²) in [4.78, 5) is 14.3. The molecule has 5 heteroatoms. The minimum absolute atomic E-state index is 0.0329. The standard InChI is InChI=1S/C17H25ClN2O2/c1-20(2)17(10-4-3-5-11-17)13-19-16(21)12-22-15-8-6-14(18)7-9-15/h6-9H,3-5,10-13H2,1-2H3,(H,19,21). The number of nitrogens with one attached hydrogen (secondary N) is 1. The molecule has 1 aromatic rings. The van der Waals surface area contributed by atoms with E-state index in [9.17, 15) is 4.79 Å². The van der Waals surface area contributed by atoms with Crippen molar-refractivity contribution in [1.29, 1.82) is 0 Å². The average molecular weight is 325 g/mol. The Balaban J connectivity index is 1.80. The number of nitrogens with zero attached hydrogens (tertiary/aromatic N) is 1. The third-order valence-corrected chi connectivity index (χ3v) is 4.78. The second kappa shape index (κ2) is 7.84. The molecular formula is C17H25ClN2O2. The van der Waals surface area contributed by atoms with Crippen molar-refractivity contribution in [3.63, 3.8) is 0 Å². The highest BCUT2D eigenvalue weighted by atomic mass is 35.5. The van der Waals surface area contributed by atoms with Gasteiger partial charge in [0.1, 0.15) is 5.75 Å². The van der Waals surface area contributed by atoms with Gasteiger partial charge in [0.05, 0.1) is 0 Å². The number of benzene rings is 1. The van der Waals surface area contributed by atoms with Crippen LogP contribution in [0.3, 0.4) is 0 Å². The SMILES string of the molecule is CN(C)C1(CNC(=O)COc2ccc(Cl)cc2)CCCCC1. The molecule has 0 radical (unpaired) electrons. The fourth-order valence-corrected chi connectivity index (χ4v) is 3.11. The van der Waals surface area contributed by atoms with Crippen molar-refractivity contribution >= 4 is 17.5 Å². The minimum atomic E-state index is -0.0817. The Morgan fingerprint density at radius 3 is 2.45 bits per heavy atom. The Morgan fingerprint density at radius 2 is 1.86 bits per heavy atom. The number of likely N-dealkylation sites (N-methyl/N-ethyl adjacent to an activating group) is 1. The van der Waals surface area contributed by atoms with Crippen molar-refractivity contribution in [2.24, 2.45) is 0 Å². The summed E-state index contributed by atoms with van der Waals surface area (Å²) in [6.07, 6.45) is 6.03. The number of ether oxygens (including phenoxy) is 1. The summed E-state index contributed by atoms with van der Waals surface area (Å²) in [5, 5.41) is 3.68. The van der Waals surface area contributed by atoms with E-state index in [4.69, 9.17) is 16.3 Å². The summed E-state index contributed by atoms with van der Waals surface area (Å²) in [7, 11) is 4.20. The van der Waals surface area contributed by atoms with Gasteiger partial charge in [-0.1, -0.05) is 30.9 Å². The first-order valence-electron chi connectivity index (χ1n) is 7.84. The lowest BCUT2D eigenvalue weighted by molar-refractivity contribution is -0.123. The Morgan fingerprint density at radius 1 is 1.23 bits per heavy atom. The van der Waals surface area contributed by atoms with Crippen LogP contribution in [-0.2, 0) is 4.79 Å². The second-order valence-electron chi connectivity index (χ2n) is 6.20. The topological polar surface area (TPSA) is 41.6 Å². The Labute approximate surface area is 137 Å². The first kappa shape index (κ1) is 17.1. The number of amides is 1. The molecule has 0 spiro atoms. The van der Waals surface area contributed by atoms with E-state index in [0.29, 0.717) is 17.3 Å². The average Bonchev–Trinajstić information content (AvgIpc) is 2.53. The molecule has 1 saturated carbocycles. The van der Waals surface area contributed by atoms with E-state index in [-0.39, 0.29) is 18.1 Å². The van der Waals surface area contributed by atoms with Gasteiger partial charge in [-0.15, -0.1) is 0 Å². The monoisotopic (exact) mass is 324 g/mol. The van der Waals surface area contributed by atoms with E-state index in [1.54, 1.807) is 24.3 Å². The smallest absolute Gasteiger partial charge is 0.258 e. The van der Waals surface area contributed by atoms with Crippen molar-refractivity contribution in [2.75, 3.05) is 27.2 Å². The first-order chi connectivity index (χ1) is 10.5. The molecule has 0 unspecified atom stereocenters. The summed E-state index contributed by atoms with van der Waals surface area (Å²) >= 11 is 5.82. The van der Waals surface area contributed by atoms with Crippen LogP contribution in [0.1, 0.15) is 32.1 Å². The van der Waals surface area contributed by atoms with Gasteiger partial charge in [0.25, 0.3) is 5.91 Å². The van der Waals surface area contributed by atoms with Gasteiger partial charge in [-0.2, -0.15) is 0 Å². The fraction of sp³-hybridized carbons (Fsp3) is 0.588. The molecule has 0 aliphatic heterocycles. The normalized spacial score (nSPS) is 17.3. The van der Waals surface area contributed by atoms with Crippen LogP contribution in [0.2, 0.25) is 5.02 Å². The highest BCUT2D eigenvalue weighted by molar-refractivity contribution is 6.30. The number of hydrogen-bond acceptors (Lipinski definition) is 3. The molecule has 122 valence electrons. The predicted molar refractivity (Wildman–Crippen MR) is 89.5 cm³/mol. The van der Waals surface area contributed by atoms with Crippen molar-refractivity contribution < 1.29 is 9.53 Å². The quantitative estimate of drug-likeness (QED) is 0.874. The minimum Gasteiger partial charge on any atom is -0.484 e. The van der Waals surface area contributed by atoms with Crippen LogP contribution >= 0.6 is 11.6 Å². The lowest BCUT2D eigenvalue weighted by atomic mass is 9.80. The summed E-state index contributed by atoms with van der Waals surface area (Å²) in [5.74, 6) is 0.571. The molecule has 2 rings (SSSR count). The Bertz CT molecular complexity index is 482. The van der Waals surface area contributed by atoms with Crippen LogP contribution in [0, 0.1) is 0 Å². The Hall–Kier alpha value is -1.26. The van der Waals surface area contributed by atoms with E-state index < -0.39 is 0 Å². The van der Waals surface area contributed by atoms with Crippen LogP contribution < -0.4 is 10.1 Å². The largest absolute Gasteiger partial charge is 0.484 e. The molecule has 0 bridgehead atoms. The molecule has 0 atom stereocenters. The number of carbonyl (C=O) groups is 1. The molecular weight excluding hydrogens is 300 g/mol. The van der Waals surface area contributed by atoms with Gasteiger partial charge >= 0.3 is 0 Å². The first-order valence-corrected chi connectivity index (χ1v) is 8.22. The Kier molecular flexibility index (Phi) is 6.09. The maximum atomic E-state index is 12.0. The van der Waals surface area contributed by atoms with Crippen molar-refractivity contribution in [1.82, 2.24) is 10.2 Å². The molecule has 4 nitrogen and oxygen atoms in total. The van der Waals surface area contributed by atoms with Gasteiger partial charge in [0.2, 0.25) is 0 Å². The van der Waals surface area contributed by atoms with Crippen molar-refractivity contribution in [3.8, 4) is 5.75 Å². The predicted octanol–water partition coefficient (Wildman–Crippen LogP) is 3.10. The summed E-state index contributed by atoms with van der Waals surface area (Å²) < 4.78 is 5.47. The third kappa shape index (κ3) is 4.62. The molecule has 1 aliphatic carbocycles. The fourth-order valence-electron chi connectivity index (χ4n) is 2.99. The molecule has 1 N–H and O–H groups in total. The van der Waals surface area contributed by atoms with Gasteiger partial charge in [-0.25, -0.2) is 0 Å². The maximum Gasteiger partial charge on any atom is 0.258 e. The van der Waals surface area contributed by atoms with Gasteiger partial charge in [0.15, 0.2) is 6.61 Å². The number of rotatable bonds is 6. The zero-order valence-corrected chi connectivity index (χ0v) is 14.2. The van der Waals surface area contributed by atoms with E-state index in [0.717, 1.165) is 12.8 Å².